The van der Waals surface area contributed by atoms with Crippen LogP contribution in [0.3, 0.4) is 0 Å². The predicted molar refractivity (Wildman–Crippen MR) is 93.9 cm³/mol. The summed E-state index contributed by atoms with van der Waals surface area (Å²) in [5, 5.41) is 3.08. The van der Waals surface area contributed by atoms with Gasteiger partial charge < -0.3 is 20.7 Å². The summed E-state index contributed by atoms with van der Waals surface area (Å²) in [6.45, 7) is 8.67. The quantitative estimate of drug-likeness (QED) is 0.803. The van der Waals surface area contributed by atoms with Gasteiger partial charge >= 0.3 is 0 Å². The predicted octanol–water partition coefficient (Wildman–Crippen LogP) is 1.57. The van der Waals surface area contributed by atoms with Crippen LogP contribution in [0.5, 0.6) is 0 Å². The van der Waals surface area contributed by atoms with E-state index in [1.54, 1.807) is 0 Å². The molecule has 2 saturated heterocycles. The van der Waals surface area contributed by atoms with Gasteiger partial charge in [0, 0.05) is 32.3 Å². The number of nitrogens with two attached hydrogens (primary N) is 1. The maximum atomic E-state index is 12.3. The van der Waals surface area contributed by atoms with E-state index in [-0.39, 0.29) is 30.7 Å². The Morgan fingerprint density at radius 3 is 2.59 bits per heavy atom. The van der Waals surface area contributed by atoms with Crippen LogP contribution >= 0.6 is 24.8 Å². The zero-order chi connectivity index (χ0) is 14.6. The number of rotatable bonds is 4. The molecule has 1 unspecified atom stereocenters. The third-order valence-electron chi connectivity index (χ3n) is 4.67. The van der Waals surface area contributed by atoms with Crippen molar-refractivity contribution < 1.29 is 9.53 Å². The molecule has 0 saturated carbocycles. The van der Waals surface area contributed by atoms with Crippen LogP contribution in [-0.2, 0) is 9.53 Å². The average Bonchev–Trinajstić information content (AvgIpc) is 2.45. The molecule has 0 aromatic carbocycles. The van der Waals surface area contributed by atoms with E-state index < -0.39 is 5.54 Å². The van der Waals surface area contributed by atoms with E-state index in [9.17, 15) is 4.79 Å². The molecule has 1 atom stereocenters. The first kappa shape index (κ1) is 21.9. The molecule has 1 amide bonds. The SMILES string of the molecule is CC(C)N1CCCC(CNC(=O)C2(N)CCOCC2)C1.Cl.Cl. The Morgan fingerprint density at radius 2 is 2.00 bits per heavy atom. The molecule has 132 valence electrons. The lowest BCUT2D eigenvalue weighted by atomic mass is 9.89. The van der Waals surface area contributed by atoms with Gasteiger partial charge in [-0.05, 0) is 52.0 Å². The number of ether oxygens (including phenoxy) is 1. The zero-order valence-electron chi connectivity index (χ0n) is 13.7. The van der Waals surface area contributed by atoms with Crippen molar-refractivity contribution in [2.45, 2.75) is 51.1 Å². The summed E-state index contributed by atoms with van der Waals surface area (Å²) in [6, 6.07) is 0.588. The number of hydrogen-bond donors (Lipinski definition) is 2. The Morgan fingerprint density at radius 1 is 1.36 bits per heavy atom. The molecule has 0 bridgehead atoms. The van der Waals surface area contributed by atoms with E-state index in [2.05, 4.69) is 24.1 Å². The molecule has 7 heteroatoms. The minimum absolute atomic E-state index is 0. The molecule has 5 nitrogen and oxygen atoms in total. The van der Waals surface area contributed by atoms with Crippen LogP contribution in [0.1, 0.15) is 39.5 Å². The second-order valence-corrected chi connectivity index (χ2v) is 6.58. The number of likely N-dealkylation sites (tertiary alicyclic amines) is 1. The van der Waals surface area contributed by atoms with Crippen molar-refractivity contribution in [2.75, 3.05) is 32.8 Å². The summed E-state index contributed by atoms with van der Waals surface area (Å²) in [4.78, 5) is 14.8. The molecule has 0 aromatic heterocycles. The minimum atomic E-state index is -0.718. The molecular formula is C15H31Cl2N3O2. The van der Waals surface area contributed by atoms with Crippen molar-refractivity contribution in [3.8, 4) is 0 Å². The van der Waals surface area contributed by atoms with E-state index >= 15 is 0 Å². The molecule has 0 radical (unpaired) electrons. The highest BCUT2D eigenvalue weighted by Crippen LogP contribution is 2.20. The van der Waals surface area contributed by atoms with E-state index in [0.29, 0.717) is 38.0 Å². The monoisotopic (exact) mass is 355 g/mol. The summed E-state index contributed by atoms with van der Waals surface area (Å²) >= 11 is 0. The first-order valence-electron chi connectivity index (χ1n) is 7.90. The lowest BCUT2D eigenvalue weighted by molar-refractivity contribution is -0.130. The molecule has 3 N–H and O–H groups in total. The van der Waals surface area contributed by atoms with Crippen molar-refractivity contribution in [1.29, 1.82) is 0 Å². The standard InChI is InChI=1S/C15H29N3O2.2ClH/c1-12(2)18-7-3-4-13(11-18)10-17-14(19)15(16)5-8-20-9-6-15;;/h12-13H,3-11,16H2,1-2H3,(H,17,19);2*1H. The Hall–Kier alpha value is -0.0700. The van der Waals surface area contributed by atoms with Crippen LogP contribution in [0, 0.1) is 5.92 Å². The van der Waals surface area contributed by atoms with Gasteiger partial charge in [-0.15, -0.1) is 24.8 Å². The average molecular weight is 356 g/mol. The summed E-state index contributed by atoms with van der Waals surface area (Å²) in [7, 11) is 0. The molecule has 0 spiro atoms. The highest BCUT2D eigenvalue weighted by Gasteiger charge is 2.36. The minimum Gasteiger partial charge on any atom is -0.381 e. The van der Waals surface area contributed by atoms with Crippen molar-refractivity contribution in [1.82, 2.24) is 10.2 Å². The van der Waals surface area contributed by atoms with Crippen LogP contribution in [0.2, 0.25) is 0 Å². The number of carbonyl (C=O) groups is 1. The molecule has 2 fully saturated rings. The number of nitrogens with zero attached hydrogens (tertiary/aromatic N) is 1. The topological polar surface area (TPSA) is 67.6 Å². The van der Waals surface area contributed by atoms with Gasteiger partial charge in [0.2, 0.25) is 5.91 Å². The van der Waals surface area contributed by atoms with Crippen LogP contribution in [0.4, 0.5) is 0 Å². The molecule has 2 aliphatic heterocycles. The highest BCUT2D eigenvalue weighted by molar-refractivity contribution is 5.86. The second kappa shape index (κ2) is 9.93. The van der Waals surface area contributed by atoms with Crippen LogP contribution in [-0.4, -0.2) is 55.2 Å². The van der Waals surface area contributed by atoms with Gasteiger partial charge in [-0.3, -0.25) is 4.79 Å². The molecule has 2 heterocycles. The van der Waals surface area contributed by atoms with Crippen LogP contribution in [0.25, 0.3) is 0 Å². The van der Waals surface area contributed by atoms with E-state index in [4.69, 9.17) is 10.5 Å². The van der Waals surface area contributed by atoms with Gasteiger partial charge in [0.1, 0.15) is 0 Å². The van der Waals surface area contributed by atoms with E-state index in [0.717, 1.165) is 13.1 Å². The molecule has 0 aromatic rings. The molecular weight excluding hydrogens is 325 g/mol. The lowest BCUT2D eigenvalue weighted by Crippen LogP contribution is -2.58. The first-order valence-corrected chi connectivity index (χ1v) is 7.90. The van der Waals surface area contributed by atoms with Crippen molar-refractivity contribution in [3.05, 3.63) is 0 Å². The molecule has 0 aliphatic carbocycles. The van der Waals surface area contributed by atoms with Crippen LogP contribution in [0.15, 0.2) is 0 Å². The Labute approximate surface area is 146 Å². The summed E-state index contributed by atoms with van der Waals surface area (Å²) in [5.74, 6) is 0.556. The Balaban J connectivity index is 0.00000220. The fourth-order valence-electron chi connectivity index (χ4n) is 3.11. The first-order chi connectivity index (χ1) is 9.51. The van der Waals surface area contributed by atoms with Gasteiger partial charge in [-0.2, -0.15) is 0 Å². The molecule has 22 heavy (non-hydrogen) atoms. The van der Waals surface area contributed by atoms with Gasteiger partial charge in [0.05, 0.1) is 5.54 Å². The van der Waals surface area contributed by atoms with Crippen molar-refractivity contribution in [3.63, 3.8) is 0 Å². The lowest BCUT2D eigenvalue weighted by Gasteiger charge is -2.36. The van der Waals surface area contributed by atoms with Gasteiger partial charge in [0.25, 0.3) is 0 Å². The van der Waals surface area contributed by atoms with Gasteiger partial charge in [-0.1, -0.05) is 0 Å². The van der Waals surface area contributed by atoms with Crippen molar-refractivity contribution in [2.24, 2.45) is 11.7 Å². The summed E-state index contributed by atoms with van der Waals surface area (Å²) in [5.41, 5.74) is 5.47. The number of piperidine rings is 1. The van der Waals surface area contributed by atoms with Crippen LogP contribution < -0.4 is 11.1 Å². The summed E-state index contributed by atoms with van der Waals surface area (Å²) in [6.07, 6.45) is 3.67. The third kappa shape index (κ3) is 5.85. The number of carbonyl (C=O) groups excluding carboxylic acids is 1. The van der Waals surface area contributed by atoms with E-state index in [1.807, 2.05) is 0 Å². The Bertz CT molecular complexity index is 337. The second-order valence-electron chi connectivity index (χ2n) is 6.58. The number of halogens is 2. The fourth-order valence-corrected chi connectivity index (χ4v) is 3.11. The van der Waals surface area contributed by atoms with Gasteiger partial charge in [-0.25, -0.2) is 0 Å². The van der Waals surface area contributed by atoms with Gasteiger partial charge in [0.15, 0.2) is 0 Å². The Kier molecular flexibility index (Phi) is 9.90. The normalized spacial score (nSPS) is 25.0. The maximum Gasteiger partial charge on any atom is 0.240 e. The van der Waals surface area contributed by atoms with E-state index in [1.165, 1.54) is 19.4 Å². The smallest absolute Gasteiger partial charge is 0.240 e. The molecule has 2 aliphatic rings. The highest BCUT2D eigenvalue weighted by atomic mass is 35.5. The number of hydrogen-bond acceptors (Lipinski definition) is 4. The number of nitrogens with one attached hydrogen (secondary N) is 1. The fraction of sp³-hybridized carbons (Fsp3) is 0.933. The largest absolute Gasteiger partial charge is 0.381 e. The maximum absolute atomic E-state index is 12.3. The zero-order valence-corrected chi connectivity index (χ0v) is 15.3. The third-order valence-corrected chi connectivity index (χ3v) is 4.67. The van der Waals surface area contributed by atoms with Crippen molar-refractivity contribution >= 4 is 30.7 Å². The number of amides is 1. The molecule has 2 rings (SSSR count). The summed E-state index contributed by atoms with van der Waals surface area (Å²) < 4.78 is 5.28.